The van der Waals surface area contributed by atoms with Crippen LogP contribution in [0.25, 0.3) is 0 Å². The van der Waals surface area contributed by atoms with Gasteiger partial charge < -0.3 is 19.4 Å². The van der Waals surface area contributed by atoms with Crippen LogP contribution in [0.3, 0.4) is 0 Å². The van der Waals surface area contributed by atoms with E-state index in [1.165, 1.54) is 10.6 Å². The van der Waals surface area contributed by atoms with Crippen molar-refractivity contribution in [2.45, 2.75) is 39.4 Å². The van der Waals surface area contributed by atoms with E-state index in [2.05, 4.69) is 14.9 Å². The number of piperidine rings is 1. The van der Waals surface area contributed by atoms with Gasteiger partial charge in [-0.15, -0.1) is 0 Å². The lowest BCUT2D eigenvalue weighted by molar-refractivity contribution is -0.133. The zero-order chi connectivity index (χ0) is 23.2. The fourth-order valence-corrected chi connectivity index (χ4v) is 4.27. The maximum absolute atomic E-state index is 13.0. The highest BCUT2D eigenvalue weighted by Crippen LogP contribution is 2.19. The summed E-state index contributed by atoms with van der Waals surface area (Å²) >= 11 is 0. The molecule has 172 valence electrons. The molecule has 0 bridgehead atoms. The number of benzene rings is 1. The molecule has 1 aromatic carbocycles. The van der Waals surface area contributed by atoms with Gasteiger partial charge in [-0.2, -0.15) is 0 Å². The molecule has 8 nitrogen and oxygen atoms in total. The van der Waals surface area contributed by atoms with Gasteiger partial charge in [0.05, 0.1) is 0 Å². The largest absolute Gasteiger partial charge is 0.348 e. The Morgan fingerprint density at radius 2 is 1.91 bits per heavy atom. The molecule has 3 aromatic rings. The van der Waals surface area contributed by atoms with Gasteiger partial charge in [-0.25, -0.2) is 4.98 Å². The molecule has 1 atom stereocenters. The van der Waals surface area contributed by atoms with Crippen molar-refractivity contribution in [1.82, 2.24) is 24.3 Å². The normalized spacial score (nSPS) is 15.9. The summed E-state index contributed by atoms with van der Waals surface area (Å²) < 4.78 is 3.43. The first-order valence-corrected chi connectivity index (χ1v) is 11.3. The molecule has 1 aliphatic heterocycles. The van der Waals surface area contributed by atoms with Crippen molar-refractivity contribution in [3.05, 3.63) is 88.4 Å². The van der Waals surface area contributed by atoms with Crippen molar-refractivity contribution in [3.63, 3.8) is 0 Å². The molecule has 0 saturated carbocycles. The second kappa shape index (κ2) is 10.3. The molecular weight excluding hydrogens is 418 g/mol. The summed E-state index contributed by atoms with van der Waals surface area (Å²) in [5, 5.41) is 2.78. The number of hydrogen-bond acceptors (Lipinski definition) is 4. The van der Waals surface area contributed by atoms with E-state index in [0.29, 0.717) is 25.6 Å². The number of hydrogen-bond donors (Lipinski definition) is 1. The van der Waals surface area contributed by atoms with E-state index in [4.69, 9.17) is 0 Å². The second-order valence-corrected chi connectivity index (χ2v) is 8.50. The van der Waals surface area contributed by atoms with Crippen molar-refractivity contribution in [2.75, 3.05) is 13.1 Å². The minimum absolute atomic E-state index is 0.0355. The standard InChI is InChI=1S/C25H29N5O3/c1-19-26-11-14-28(19)16-21-9-5-12-29(17-21)23(31)18-30-13-6-10-22(25(30)33)24(32)27-15-20-7-3-2-4-8-20/h2-4,6-8,10-11,13-14,21H,5,9,12,15-18H2,1H3,(H,27,32)/t21-/m1/s1. The summed E-state index contributed by atoms with van der Waals surface area (Å²) in [5.41, 5.74) is 0.523. The molecule has 0 aliphatic carbocycles. The van der Waals surface area contributed by atoms with Crippen LogP contribution in [0.15, 0.2) is 65.8 Å². The number of pyridine rings is 1. The molecule has 8 heteroatoms. The van der Waals surface area contributed by atoms with E-state index in [1.807, 2.05) is 48.4 Å². The quantitative estimate of drug-likeness (QED) is 0.602. The highest BCUT2D eigenvalue weighted by Gasteiger charge is 2.25. The molecule has 1 saturated heterocycles. The van der Waals surface area contributed by atoms with Crippen LogP contribution in [0, 0.1) is 12.8 Å². The molecular formula is C25H29N5O3. The van der Waals surface area contributed by atoms with Crippen LogP contribution in [0.2, 0.25) is 0 Å². The van der Waals surface area contributed by atoms with Gasteiger partial charge in [-0.3, -0.25) is 14.4 Å². The lowest BCUT2D eigenvalue weighted by Crippen LogP contribution is -2.44. The van der Waals surface area contributed by atoms with E-state index in [0.717, 1.165) is 30.8 Å². The van der Waals surface area contributed by atoms with Gasteiger partial charge in [-0.1, -0.05) is 30.3 Å². The van der Waals surface area contributed by atoms with E-state index in [-0.39, 0.29) is 18.0 Å². The number of aromatic nitrogens is 3. The van der Waals surface area contributed by atoms with Crippen LogP contribution in [0.5, 0.6) is 0 Å². The third-order valence-corrected chi connectivity index (χ3v) is 6.12. The molecule has 0 radical (unpaired) electrons. The van der Waals surface area contributed by atoms with Crippen molar-refractivity contribution in [2.24, 2.45) is 5.92 Å². The first kappa shape index (κ1) is 22.5. The fraction of sp³-hybridized carbons (Fsp3) is 0.360. The SMILES string of the molecule is Cc1nccn1C[C@H]1CCCN(C(=O)Cn2cccc(C(=O)NCc3ccccc3)c2=O)C1. The van der Waals surface area contributed by atoms with Crippen LogP contribution in [-0.2, 0) is 24.4 Å². The van der Waals surface area contributed by atoms with Gasteiger partial charge in [-0.05, 0) is 43.4 Å². The number of likely N-dealkylation sites (tertiary alicyclic amines) is 1. The molecule has 1 aliphatic rings. The van der Waals surface area contributed by atoms with Gasteiger partial charge in [0.1, 0.15) is 17.9 Å². The predicted molar refractivity (Wildman–Crippen MR) is 125 cm³/mol. The molecule has 1 fully saturated rings. The van der Waals surface area contributed by atoms with Crippen LogP contribution < -0.4 is 10.9 Å². The molecule has 0 spiro atoms. The van der Waals surface area contributed by atoms with E-state index >= 15 is 0 Å². The molecule has 4 rings (SSSR count). The lowest BCUT2D eigenvalue weighted by Gasteiger charge is -2.33. The Labute approximate surface area is 192 Å². The summed E-state index contributed by atoms with van der Waals surface area (Å²) in [7, 11) is 0. The fourth-order valence-electron chi connectivity index (χ4n) is 4.27. The molecule has 1 N–H and O–H groups in total. The van der Waals surface area contributed by atoms with E-state index in [9.17, 15) is 14.4 Å². The van der Waals surface area contributed by atoms with Crippen molar-refractivity contribution in [3.8, 4) is 0 Å². The smallest absolute Gasteiger partial charge is 0.263 e. The van der Waals surface area contributed by atoms with Crippen LogP contribution in [0.4, 0.5) is 0 Å². The van der Waals surface area contributed by atoms with Crippen LogP contribution in [0.1, 0.15) is 34.6 Å². The zero-order valence-corrected chi connectivity index (χ0v) is 18.8. The topological polar surface area (TPSA) is 89.2 Å². The van der Waals surface area contributed by atoms with Gasteiger partial charge in [0.25, 0.3) is 11.5 Å². The molecule has 0 unspecified atom stereocenters. The summed E-state index contributed by atoms with van der Waals surface area (Å²) in [6.07, 6.45) is 7.30. The second-order valence-electron chi connectivity index (χ2n) is 8.50. The maximum Gasteiger partial charge on any atom is 0.263 e. The van der Waals surface area contributed by atoms with Gasteiger partial charge in [0, 0.05) is 44.8 Å². The Kier molecular flexibility index (Phi) is 7.02. The van der Waals surface area contributed by atoms with Crippen molar-refractivity contribution in [1.29, 1.82) is 0 Å². The minimum Gasteiger partial charge on any atom is -0.348 e. The Morgan fingerprint density at radius 1 is 1.09 bits per heavy atom. The highest BCUT2D eigenvalue weighted by atomic mass is 16.2. The van der Waals surface area contributed by atoms with Crippen molar-refractivity contribution >= 4 is 11.8 Å². The van der Waals surface area contributed by atoms with Gasteiger partial charge >= 0.3 is 0 Å². The third kappa shape index (κ3) is 5.58. The van der Waals surface area contributed by atoms with Crippen LogP contribution in [-0.4, -0.2) is 43.9 Å². The Hall–Kier alpha value is -3.68. The van der Waals surface area contributed by atoms with Crippen LogP contribution >= 0.6 is 0 Å². The lowest BCUT2D eigenvalue weighted by atomic mass is 9.97. The summed E-state index contributed by atoms with van der Waals surface area (Å²) in [4.78, 5) is 44.5. The summed E-state index contributed by atoms with van der Waals surface area (Å²) in [5.74, 6) is 0.764. The van der Waals surface area contributed by atoms with E-state index in [1.54, 1.807) is 18.5 Å². The number of rotatable bonds is 7. The average molecular weight is 448 g/mol. The first-order valence-electron chi connectivity index (χ1n) is 11.3. The molecule has 3 heterocycles. The number of nitrogens with one attached hydrogen (secondary N) is 1. The maximum atomic E-state index is 13.0. The number of amides is 2. The number of nitrogens with zero attached hydrogens (tertiary/aromatic N) is 4. The van der Waals surface area contributed by atoms with E-state index < -0.39 is 11.5 Å². The minimum atomic E-state index is -0.459. The highest BCUT2D eigenvalue weighted by molar-refractivity contribution is 5.93. The van der Waals surface area contributed by atoms with Crippen molar-refractivity contribution < 1.29 is 9.59 Å². The van der Waals surface area contributed by atoms with Gasteiger partial charge in [0.2, 0.25) is 5.91 Å². The number of carbonyl (C=O) groups is 2. The summed E-state index contributed by atoms with van der Waals surface area (Å²) in [6, 6.07) is 12.6. The van der Waals surface area contributed by atoms with Gasteiger partial charge in [0.15, 0.2) is 0 Å². The Bertz CT molecular complexity index is 1170. The number of aryl methyl sites for hydroxylation is 1. The third-order valence-electron chi connectivity index (χ3n) is 6.12. The first-order chi connectivity index (χ1) is 16.0. The monoisotopic (exact) mass is 447 g/mol. The Balaban J connectivity index is 1.38. The Morgan fingerprint density at radius 3 is 2.67 bits per heavy atom. The summed E-state index contributed by atoms with van der Waals surface area (Å²) in [6.45, 7) is 4.40. The molecule has 33 heavy (non-hydrogen) atoms. The predicted octanol–water partition coefficient (Wildman–Crippen LogP) is 2.22. The molecule has 2 amide bonds. The number of carbonyl (C=O) groups excluding carboxylic acids is 2. The zero-order valence-electron chi connectivity index (χ0n) is 18.8. The molecule has 2 aromatic heterocycles. The number of imidazole rings is 1. The average Bonchev–Trinajstić information content (AvgIpc) is 3.23.